The van der Waals surface area contributed by atoms with Crippen molar-refractivity contribution < 1.29 is 9.72 Å². The van der Waals surface area contributed by atoms with E-state index in [9.17, 15) is 14.9 Å². The molecule has 134 valence electrons. The third-order valence-electron chi connectivity index (χ3n) is 4.20. The number of benzene rings is 1. The molecule has 10 heteroatoms. The highest BCUT2D eigenvalue weighted by atomic mass is 35.5. The summed E-state index contributed by atoms with van der Waals surface area (Å²) < 4.78 is 1.31. The Kier molecular flexibility index (Phi) is 6.05. The molecule has 1 unspecified atom stereocenters. The predicted molar refractivity (Wildman–Crippen MR) is 93.2 cm³/mol. The zero-order chi connectivity index (χ0) is 17.1. The third-order valence-corrected chi connectivity index (χ3v) is 4.20. The van der Waals surface area contributed by atoms with Crippen molar-refractivity contribution >= 4 is 24.0 Å². The van der Waals surface area contributed by atoms with Gasteiger partial charge in [0.15, 0.2) is 0 Å². The Labute approximate surface area is 150 Å². The summed E-state index contributed by atoms with van der Waals surface area (Å²) in [5.41, 5.74) is 0.414. The molecule has 0 aliphatic carbocycles. The van der Waals surface area contributed by atoms with E-state index in [4.69, 9.17) is 0 Å². The zero-order valence-electron chi connectivity index (χ0n) is 13.7. The number of nitrogens with one attached hydrogen (secondary N) is 1. The first-order valence-electron chi connectivity index (χ1n) is 7.70. The summed E-state index contributed by atoms with van der Waals surface area (Å²) in [6.45, 7) is 1.27. The summed E-state index contributed by atoms with van der Waals surface area (Å²) in [5, 5.41) is 18.5. The van der Waals surface area contributed by atoms with Gasteiger partial charge in [-0.15, -0.1) is 12.4 Å². The number of amides is 1. The van der Waals surface area contributed by atoms with Gasteiger partial charge in [-0.2, -0.15) is 5.10 Å². The molecule has 1 aliphatic heterocycles. The first kappa shape index (κ1) is 18.8. The minimum atomic E-state index is -0.513. The summed E-state index contributed by atoms with van der Waals surface area (Å²) >= 11 is 0. The van der Waals surface area contributed by atoms with Crippen molar-refractivity contribution in [3.8, 4) is 5.69 Å². The molecular weight excluding hydrogens is 348 g/mol. The number of carbonyl (C=O) groups excluding carboxylic acids is 1. The lowest BCUT2D eigenvalue weighted by molar-refractivity contribution is -0.384. The Balaban J connectivity index is 0.00000225. The standard InChI is InChI=1S/C15H18N6O3.ClH/c1-16-12-3-2-6-19(8-12)15(22)11-4-5-13(14(7-11)21(23)24)20-10-17-9-18-20;/h4-5,7,9-10,12,16H,2-3,6,8H2,1H3;1H. The molecular formula is C15H19ClN6O3. The Morgan fingerprint density at radius 3 is 2.88 bits per heavy atom. The average Bonchev–Trinajstić information content (AvgIpc) is 3.15. The molecule has 1 amide bonds. The van der Waals surface area contributed by atoms with Gasteiger partial charge in [0, 0.05) is 30.8 Å². The molecule has 0 bridgehead atoms. The number of aromatic nitrogens is 3. The number of nitro groups is 1. The summed E-state index contributed by atoms with van der Waals surface area (Å²) in [6, 6.07) is 4.68. The van der Waals surface area contributed by atoms with Crippen LogP contribution in [-0.2, 0) is 0 Å². The maximum atomic E-state index is 12.7. The van der Waals surface area contributed by atoms with Crippen LogP contribution in [0.25, 0.3) is 5.69 Å². The molecule has 1 aromatic carbocycles. The third kappa shape index (κ3) is 3.94. The number of nitrogens with zero attached hydrogens (tertiary/aromatic N) is 5. The number of nitro benzene ring substituents is 1. The lowest BCUT2D eigenvalue weighted by Crippen LogP contribution is -2.46. The molecule has 1 fully saturated rings. The fourth-order valence-electron chi connectivity index (χ4n) is 2.91. The maximum absolute atomic E-state index is 12.7. The molecule has 1 saturated heterocycles. The van der Waals surface area contributed by atoms with Crippen molar-refractivity contribution in [3.63, 3.8) is 0 Å². The van der Waals surface area contributed by atoms with Crippen LogP contribution in [0.1, 0.15) is 23.2 Å². The van der Waals surface area contributed by atoms with E-state index in [1.807, 2.05) is 7.05 Å². The summed E-state index contributed by atoms with van der Waals surface area (Å²) in [4.78, 5) is 29.1. The van der Waals surface area contributed by atoms with Crippen molar-refractivity contribution in [1.82, 2.24) is 25.0 Å². The molecule has 0 saturated carbocycles. The van der Waals surface area contributed by atoms with Gasteiger partial charge in [0.1, 0.15) is 18.3 Å². The highest BCUT2D eigenvalue weighted by Crippen LogP contribution is 2.25. The van der Waals surface area contributed by atoms with Gasteiger partial charge in [-0.05, 0) is 32.0 Å². The molecule has 25 heavy (non-hydrogen) atoms. The first-order chi connectivity index (χ1) is 11.6. The second kappa shape index (κ2) is 8.04. The lowest BCUT2D eigenvalue weighted by Gasteiger charge is -2.32. The lowest BCUT2D eigenvalue weighted by atomic mass is 10.0. The van der Waals surface area contributed by atoms with E-state index >= 15 is 0 Å². The second-order valence-electron chi connectivity index (χ2n) is 5.68. The SMILES string of the molecule is CNC1CCCN(C(=O)c2ccc(-n3cncn3)c([N+](=O)[O-])c2)C1.Cl. The number of halogens is 1. The largest absolute Gasteiger partial charge is 0.337 e. The first-order valence-corrected chi connectivity index (χ1v) is 7.70. The monoisotopic (exact) mass is 366 g/mol. The number of likely N-dealkylation sites (tertiary alicyclic amines) is 1. The number of piperidine rings is 1. The smallest absolute Gasteiger partial charge is 0.295 e. The minimum Gasteiger partial charge on any atom is -0.337 e. The summed E-state index contributed by atoms with van der Waals surface area (Å²) in [7, 11) is 1.87. The Bertz CT molecular complexity index is 752. The fraction of sp³-hybridized carbons (Fsp3) is 0.400. The van der Waals surface area contributed by atoms with Crippen LogP contribution in [0.3, 0.4) is 0 Å². The Morgan fingerprint density at radius 1 is 1.44 bits per heavy atom. The molecule has 1 atom stereocenters. The van der Waals surface area contributed by atoms with Crippen molar-refractivity contribution in [1.29, 1.82) is 0 Å². The molecule has 2 aromatic rings. The summed E-state index contributed by atoms with van der Waals surface area (Å²) in [5.74, 6) is -0.191. The van der Waals surface area contributed by atoms with Crippen molar-refractivity contribution in [2.75, 3.05) is 20.1 Å². The van der Waals surface area contributed by atoms with Gasteiger partial charge >= 0.3 is 0 Å². The van der Waals surface area contributed by atoms with Crippen LogP contribution in [0.2, 0.25) is 0 Å². The van der Waals surface area contributed by atoms with Crippen LogP contribution in [0.5, 0.6) is 0 Å². The number of hydrogen-bond acceptors (Lipinski definition) is 6. The number of carbonyl (C=O) groups is 1. The normalized spacial score (nSPS) is 17.0. The van der Waals surface area contributed by atoms with Gasteiger partial charge in [-0.25, -0.2) is 9.67 Å². The van der Waals surface area contributed by atoms with Crippen molar-refractivity contribution in [3.05, 3.63) is 46.5 Å². The van der Waals surface area contributed by atoms with Gasteiger partial charge in [0.05, 0.1) is 4.92 Å². The van der Waals surface area contributed by atoms with E-state index in [-0.39, 0.29) is 35.7 Å². The van der Waals surface area contributed by atoms with Crippen molar-refractivity contribution in [2.24, 2.45) is 0 Å². The average molecular weight is 367 g/mol. The van der Waals surface area contributed by atoms with Gasteiger partial charge < -0.3 is 10.2 Å². The van der Waals surface area contributed by atoms with Gasteiger partial charge in [0.2, 0.25) is 0 Å². The van der Waals surface area contributed by atoms with Crippen LogP contribution >= 0.6 is 12.4 Å². The van der Waals surface area contributed by atoms with E-state index in [0.717, 1.165) is 12.8 Å². The molecule has 0 radical (unpaired) electrons. The van der Waals surface area contributed by atoms with E-state index in [1.165, 1.54) is 29.5 Å². The summed E-state index contributed by atoms with van der Waals surface area (Å²) in [6.07, 6.45) is 4.61. The fourth-order valence-corrected chi connectivity index (χ4v) is 2.91. The predicted octanol–water partition coefficient (Wildman–Crippen LogP) is 1.42. The van der Waals surface area contributed by atoms with Crippen LogP contribution in [-0.4, -0.2) is 56.7 Å². The number of likely N-dealkylation sites (N-methyl/N-ethyl adjacent to an activating group) is 1. The molecule has 1 N–H and O–H groups in total. The molecule has 3 rings (SSSR count). The van der Waals surface area contributed by atoms with E-state index < -0.39 is 4.92 Å². The van der Waals surface area contributed by atoms with E-state index in [0.29, 0.717) is 18.7 Å². The van der Waals surface area contributed by atoms with E-state index in [1.54, 1.807) is 11.0 Å². The quantitative estimate of drug-likeness (QED) is 0.648. The maximum Gasteiger partial charge on any atom is 0.295 e. The Morgan fingerprint density at radius 2 is 2.24 bits per heavy atom. The highest BCUT2D eigenvalue weighted by Gasteiger charge is 2.26. The topological polar surface area (TPSA) is 106 Å². The molecule has 1 aromatic heterocycles. The molecule has 9 nitrogen and oxygen atoms in total. The van der Waals surface area contributed by atoms with Crippen LogP contribution < -0.4 is 5.32 Å². The molecule has 1 aliphatic rings. The van der Waals surface area contributed by atoms with Gasteiger partial charge in [-0.1, -0.05) is 0 Å². The molecule has 0 spiro atoms. The van der Waals surface area contributed by atoms with E-state index in [2.05, 4.69) is 15.4 Å². The number of hydrogen-bond donors (Lipinski definition) is 1. The van der Waals surface area contributed by atoms with Crippen LogP contribution in [0, 0.1) is 10.1 Å². The zero-order valence-corrected chi connectivity index (χ0v) is 14.5. The second-order valence-corrected chi connectivity index (χ2v) is 5.68. The van der Waals surface area contributed by atoms with Gasteiger partial charge in [0.25, 0.3) is 11.6 Å². The highest BCUT2D eigenvalue weighted by molar-refractivity contribution is 5.95. The molecule has 2 heterocycles. The van der Waals surface area contributed by atoms with Gasteiger partial charge in [-0.3, -0.25) is 14.9 Å². The van der Waals surface area contributed by atoms with Crippen LogP contribution in [0.4, 0.5) is 5.69 Å². The number of rotatable bonds is 4. The Hall–Kier alpha value is -2.52. The minimum absolute atomic E-state index is 0. The van der Waals surface area contributed by atoms with Crippen LogP contribution in [0.15, 0.2) is 30.9 Å². The van der Waals surface area contributed by atoms with Crippen molar-refractivity contribution in [2.45, 2.75) is 18.9 Å².